The fourth-order valence-electron chi connectivity index (χ4n) is 3.38. The second-order valence-electron chi connectivity index (χ2n) is 6.01. The molecule has 1 aliphatic heterocycles. The second-order valence-corrected chi connectivity index (χ2v) is 6.01. The van der Waals surface area contributed by atoms with E-state index in [-0.39, 0.29) is 0 Å². The third-order valence-electron chi connectivity index (χ3n) is 4.09. The van der Waals surface area contributed by atoms with E-state index in [9.17, 15) is 0 Å². The third kappa shape index (κ3) is 3.74. The molecule has 1 aliphatic carbocycles. The molecule has 1 N–H and O–H groups in total. The standard InChI is InChI=1S/C14H27NO/c1-11-7-12(2)9-13(8-11)15-10-14-5-3-4-6-16-14/h11-15H,3-10H2,1-2H3. The zero-order chi connectivity index (χ0) is 11.4. The van der Waals surface area contributed by atoms with E-state index in [2.05, 4.69) is 19.2 Å². The topological polar surface area (TPSA) is 21.3 Å². The van der Waals surface area contributed by atoms with Crippen molar-refractivity contribution in [1.82, 2.24) is 5.32 Å². The lowest BCUT2D eigenvalue weighted by Gasteiger charge is -2.33. The molecular weight excluding hydrogens is 198 g/mol. The summed E-state index contributed by atoms with van der Waals surface area (Å²) >= 11 is 0. The van der Waals surface area contributed by atoms with Gasteiger partial charge in [-0.1, -0.05) is 13.8 Å². The molecule has 0 aromatic heterocycles. The Bertz CT molecular complexity index is 191. The van der Waals surface area contributed by atoms with Crippen molar-refractivity contribution >= 4 is 0 Å². The smallest absolute Gasteiger partial charge is 0.0699 e. The number of rotatable bonds is 3. The molecule has 2 fully saturated rings. The average Bonchev–Trinajstić information content (AvgIpc) is 2.27. The van der Waals surface area contributed by atoms with Gasteiger partial charge in [0.1, 0.15) is 0 Å². The van der Waals surface area contributed by atoms with Crippen LogP contribution in [0.3, 0.4) is 0 Å². The quantitative estimate of drug-likeness (QED) is 0.797. The van der Waals surface area contributed by atoms with Gasteiger partial charge < -0.3 is 10.1 Å². The van der Waals surface area contributed by atoms with E-state index >= 15 is 0 Å². The molecule has 1 saturated heterocycles. The van der Waals surface area contributed by atoms with Crippen LogP contribution in [0.4, 0.5) is 0 Å². The van der Waals surface area contributed by atoms with Gasteiger partial charge in [0.2, 0.25) is 0 Å². The Hall–Kier alpha value is -0.0800. The summed E-state index contributed by atoms with van der Waals surface area (Å²) in [5, 5.41) is 3.73. The van der Waals surface area contributed by atoms with Crippen LogP contribution in [0.15, 0.2) is 0 Å². The van der Waals surface area contributed by atoms with Crippen LogP contribution >= 0.6 is 0 Å². The summed E-state index contributed by atoms with van der Waals surface area (Å²) in [6.45, 7) is 6.83. The molecule has 0 bridgehead atoms. The number of hydrogen-bond acceptors (Lipinski definition) is 2. The molecule has 1 saturated carbocycles. The fourth-order valence-corrected chi connectivity index (χ4v) is 3.38. The summed E-state index contributed by atoms with van der Waals surface area (Å²) in [6.07, 6.45) is 8.48. The lowest BCUT2D eigenvalue weighted by atomic mass is 9.80. The van der Waals surface area contributed by atoms with Crippen LogP contribution in [0.2, 0.25) is 0 Å². The maximum atomic E-state index is 5.76. The molecule has 3 unspecified atom stereocenters. The highest BCUT2D eigenvalue weighted by Gasteiger charge is 2.24. The maximum Gasteiger partial charge on any atom is 0.0699 e. The lowest BCUT2D eigenvalue weighted by Crippen LogP contribution is -2.41. The molecule has 0 spiro atoms. The predicted molar refractivity (Wildman–Crippen MR) is 67.6 cm³/mol. The summed E-state index contributed by atoms with van der Waals surface area (Å²) in [6, 6.07) is 0.740. The predicted octanol–water partition coefficient (Wildman–Crippen LogP) is 2.97. The Morgan fingerprint density at radius 1 is 1.06 bits per heavy atom. The third-order valence-corrected chi connectivity index (χ3v) is 4.09. The van der Waals surface area contributed by atoms with Crippen LogP contribution in [-0.4, -0.2) is 25.3 Å². The van der Waals surface area contributed by atoms with Crippen LogP contribution in [0.1, 0.15) is 52.4 Å². The molecule has 16 heavy (non-hydrogen) atoms. The van der Waals surface area contributed by atoms with Crippen molar-refractivity contribution in [1.29, 1.82) is 0 Å². The second kappa shape index (κ2) is 6.02. The largest absolute Gasteiger partial charge is 0.377 e. The summed E-state index contributed by atoms with van der Waals surface area (Å²) in [5.41, 5.74) is 0. The zero-order valence-electron chi connectivity index (χ0n) is 10.9. The number of ether oxygens (including phenoxy) is 1. The normalized spacial score (nSPS) is 40.9. The zero-order valence-corrected chi connectivity index (χ0v) is 10.9. The van der Waals surface area contributed by atoms with E-state index in [4.69, 9.17) is 4.74 Å². The molecular formula is C14H27NO. The SMILES string of the molecule is CC1CC(C)CC(NCC2CCCCO2)C1. The molecule has 1 heterocycles. The first kappa shape index (κ1) is 12.4. The minimum Gasteiger partial charge on any atom is -0.377 e. The highest BCUT2D eigenvalue weighted by atomic mass is 16.5. The lowest BCUT2D eigenvalue weighted by molar-refractivity contribution is 0.0136. The molecule has 0 aromatic carbocycles. The summed E-state index contributed by atoms with van der Waals surface area (Å²) < 4.78 is 5.76. The first-order chi connectivity index (χ1) is 7.74. The Morgan fingerprint density at radius 3 is 2.44 bits per heavy atom. The minimum absolute atomic E-state index is 0.487. The number of hydrogen-bond donors (Lipinski definition) is 1. The van der Waals surface area contributed by atoms with Gasteiger partial charge in [0, 0.05) is 19.2 Å². The van der Waals surface area contributed by atoms with Crippen molar-refractivity contribution in [2.75, 3.05) is 13.2 Å². The van der Waals surface area contributed by atoms with Gasteiger partial charge in [-0.2, -0.15) is 0 Å². The fraction of sp³-hybridized carbons (Fsp3) is 1.00. The first-order valence-corrected chi connectivity index (χ1v) is 7.09. The van der Waals surface area contributed by atoms with Gasteiger partial charge >= 0.3 is 0 Å². The van der Waals surface area contributed by atoms with Crippen molar-refractivity contribution in [3.8, 4) is 0 Å². The summed E-state index contributed by atoms with van der Waals surface area (Å²) in [5.74, 6) is 1.79. The van der Waals surface area contributed by atoms with Crippen molar-refractivity contribution in [2.24, 2.45) is 11.8 Å². The summed E-state index contributed by atoms with van der Waals surface area (Å²) in [4.78, 5) is 0. The summed E-state index contributed by atoms with van der Waals surface area (Å²) in [7, 11) is 0. The average molecular weight is 225 g/mol. The molecule has 0 aromatic rings. The molecule has 2 nitrogen and oxygen atoms in total. The Morgan fingerprint density at radius 2 is 1.81 bits per heavy atom. The maximum absolute atomic E-state index is 5.76. The molecule has 94 valence electrons. The van der Waals surface area contributed by atoms with Crippen LogP contribution in [0.5, 0.6) is 0 Å². The van der Waals surface area contributed by atoms with E-state index in [1.165, 1.54) is 38.5 Å². The van der Waals surface area contributed by atoms with E-state index in [0.717, 1.165) is 31.0 Å². The number of nitrogens with one attached hydrogen (secondary N) is 1. The monoisotopic (exact) mass is 225 g/mol. The molecule has 2 heteroatoms. The minimum atomic E-state index is 0.487. The van der Waals surface area contributed by atoms with Gasteiger partial charge in [-0.25, -0.2) is 0 Å². The van der Waals surface area contributed by atoms with Crippen LogP contribution < -0.4 is 5.32 Å². The molecule has 2 rings (SSSR count). The van der Waals surface area contributed by atoms with Crippen LogP contribution in [-0.2, 0) is 4.74 Å². The van der Waals surface area contributed by atoms with Crippen LogP contribution in [0, 0.1) is 11.8 Å². The van der Waals surface area contributed by atoms with Crippen molar-refractivity contribution in [3.05, 3.63) is 0 Å². The van der Waals surface area contributed by atoms with E-state index in [1.807, 2.05) is 0 Å². The van der Waals surface area contributed by atoms with Crippen molar-refractivity contribution in [2.45, 2.75) is 64.5 Å². The van der Waals surface area contributed by atoms with Gasteiger partial charge in [0.25, 0.3) is 0 Å². The Labute approximate surface area is 100 Å². The van der Waals surface area contributed by atoms with E-state index in [0.29, 0.717) is 6.10 Å². The molecule has 2 aliphatic rings. The van der Waals surface area contributed by atoms with Crippen molar-refractivity contribution in [3.63, 3.8) is 0 Å². The van der Waals surface area contributed by atoms with Gasteiger partial charge in [-0.15, -0.1) is 0 Å². The molecule has 0 amide bonds. The van der Waals surface area contributed by atoms with Gasteiger partial charge in [0.05, 0.1) is 6.10 Å². The highest BCUT2D eigenvalue weighted by Crippen LogP contribution is 2.28. The highest BCUT2D eigenvalue weighted by molar-refractivity contribution is 4.81. The van der Waals surface area contributed by atoms with Crippen molar-refractivity contribution < 1.29 is 4.74 Å². The van der Waals surface area contributed by atoms with E-state index < -0.39 is 0 Å². The van der Waals surface area contributed by atoms with Gasteiger partial charge in [-0.05, 0) is 50.4 Å². The van der Waals surface area contributed by atoms with Gasteiger partial charge in [0.15, 0.2) is 0 Å². The molecule has 3 atom stereocenters. The Kier molecular flexibility index (Phi) is 4.66. The van der Waals surface area contributed by atoms with Gasteiger partial charge in [-0.3, -0.25) is 0 Å². The van der Waals surface area contributed by atoms with E-state index in [1.54, 1.807) is 0 Å². The Balaban J connectivity index is 1.68. The first-order valence-electron chi connectivity index (χ1n) is 7.09. The van der Waals surface area contributed by atoms with Crippen LogP contribution in [0.25, 0.3) is 0 Å². The molecule has 0 radical (unpaired) electrons.